The van der Waals surface area contributed by atoms with Crippen LogP contribution in [0.25, 0.3) is 10.9 Å². The van der Waals surface area contributed by atoms with Gasteiger partial charge in [-0.15, -0.1) is 0 Å². The van der Waals surface area contributed by atoms with Crippen LogP contribution < -0.4 is 0 Å². The van der Waals surface area contributed by atoms with Gasteiger partial charge in [-0.25, -0.2) is 0 Å². The van der Waals surface area contributed by atoms with Gasteiger partial charge in [-0.3, -0.25) is 4.90 Å². The molecule has 2 unspecified atom stereocenters. The molecule has 3 heterocycles. The van der Waals surface area contributed by atoms with E-state index in [1.54, 1.807) is 16.6 Å². The monoisotopic (exact) mass is 336 g/mol. The third kappa shape index (κ3) is 2.56. The standard InChI is InChI=1S/C23H32N2/c1-16-8-10-20-19(14-16)23-21-11-9-18(24(21)2)15-22(23)25(20)13-12-17-6-4-3-5-7-17/h8,10,14,17-18,21H,3-7,9,11-13,15H2,1-2H3. The smallest absolute Gasteiger partial charge is 0.0486 e. The van der Waals surface area contributed by atoms with Crippen LogP contribution in [0.2, 0.25) is 0 Å². The molecule has 1 aromatic carbocycles. The maximum Gasteiger partial charge on any atom is 0.0486 e. The van der Waals surface area contributed by atoms with Gasteiger partial charge >= 0.3 is 0 Å². The second kappa shape index (κ2) is 6.16. The highest BCUT2D eigenvalue weighted by Crippen LogP contribution is 2.47. The average molecular weight is 337 g/mol. The minimum atomic E-state index is 0.661. The Labute approximate surface area is 152 Å². The molecule has 0 radical (unpaired) electrons. The van der Waals surface area contributed by atoms with Gasteiger partial charge in [0.2, 0.25) is 0 Å². The van der Waals surface area contributed by atoms with E-state index in [-0.39, 0.29) is 0 Å². The number of aromatic nitrogens is 1. The van der Waals surface area contributed by atoms with Crippen molar-refractivity contribution in [3.05, 3.63) is 35.0 Å². The number of aryl methyl sites for hydroxylation is 2. The van der Waals surface area contributed by atoms with Gasteiger partial charge in [-0.1, -0.05) is 43.7 Å². The molecule has 2 nitrogen and oxygen atoms in total. The summed E-state index contributed by atoms with van der Waals surface area (Å²) in [4.78, 5) is 2.66. The number of fused-ring (bicyclic) bond motifs is 6. The van der Waals surface area contributed by atoms with Crippen LogP contribution in [-0.4, -0.2) is 22.6 Å². The van der Waals surface area contributed by atoms with E-state index in [0.29, 0.717) is 6.04 Å². The molecule has 2 aliphatic heterocycles. The molecule has 3 aliphatic rings. The van der Waals surface area contributed by atoms with E-state index in [0.717, 1.165) is 12.0 Å². The fourth-order valence-corrected chi connectivity index (χ4v) is 6.01. The zero-order valence-corrected chi connectivity index (χ0v) is 15.9. The van der Waals surface area contributed by atoms with Crippen molar-refractivity contribution in [1.29, 1.82) is 0 Å². The van der Waals surface area contributed by atoms with Crippen molar-refractivity contribution in [2.45, 2.75) is 83.3 Å². The summed E-state index contributed by atoms with van der Waals surface area (Å²) in [5.74, 6) is 0.968. The summed E-state index contributed by atoms with van der Waals surface area (Å²) in [7, 11) is 2.35. The molecule has 0 spiro atoms. The molecule has 2 fully saturated rings. The third-order valence-electron chi connectivity index (χ3n) is 7.46. The summed E-state index contributed by atoms with van der Waals surface area (Å²) in [6.07, 6.45) is 12.7. The molecule has 2 atom stereocenters. The van der Waals surface area contributed by atoms with Gasteiger partial charge in [0.05, 0.1) is 0 Å². The number of nitrogens with zero attached hydrogens (tertiary/aromatic N) is 2. The van der Waals surface area contributed by atoms with Gasteiger partial charge in [0.15, 0.2) is 0 Å². The normalized spacial score (nSPS) is 27.1. The number of hydrogen-bond acceptors (Lipinski definition) is 1. The fourth-order valence-electron chi connectivity index (χ4n) is 6.01. The second-order valence-corrected chi connectivity index (χ2v) is 8.94. The summed E-state index contributed by atoms with van der Waals surface area (Å²) in [5, 5.41) is 1.55. The van der Waals surface area contributed by atoms with Crippen LogP contribution in [-0.2, 0) is 13.0 Å². The molecule has 1 aliphatic carbocycles. The second-order valence-electron chi connectivity index (χ2n) is 8.94. The largest absolute Gasteiger partial charge is 0.344 e. The Morgan fingerprint density at radius 2 is 1.88 bits per heavy atom. The first-order valence-corrected chi connectivity index (χ1v) is 10.6. The summed E-state index contributed by atoms with van der Waals surface area (Å²) >= 11 is 0. The predicted octanol–water partition coefficient (Wildman–Crippen LogP) is 5.61. The van der Waals surface area contributed by atoms with Crippen molar-refractivity contribution in [3.8, 4) is 0 Å². The highest BCUT2D eigenvalue weighted by Gasteiger charge is 2.40. The lowest BCUT2D eigenvalue weighted by molar-refractivity contribution is 0.221. The van der Waals surface area contributed by atoms with E-state index in [1.165, 1.54) is 75.4 Å². The van der Waals surface area contributed by atoms with Crippen LogP contribution in [0.15, 0.2) is 18.2 Å². The van der Waals surface area contributed by atoms with Crippen LogP contribution in [0, 0.1) is 12.8 Å². The first-order valence-electron chi connectivity index (χ1n) is 10.6. The SMILES string of the molecule is Cc1ccc2c(c1)c1c(n2CCC2CCCCC2)CC2CCC1N2C. The molecule has 25 heavy (non-hydrogen) atoms. The molecule has 1 saturated heterocycles. The lowest BCUT2D eigenvalue weighted by atomic mass is 9.87. The number of rotatable bonds is 3. The fraction of sp³-hybridized carbons (Fsp3) is 0.652. The molecule has 5 rings (SSSR count). The zero-order valence-electron chi connectivity index (χ0n) is 15.9. The summed E-state index contributed by atoms with van der Waals surface area (Å²) < 4.78 is 2.73. The van der Waals surface area contributed by atoms with E-state index in [1.807, 2.05) is 0 Å². The van der Waals surface area contributed by atoms with Crippen LogP contribution >= 0.6 is 0 Å². The zero-order chi connectivity index (χ0) is 17.0. The van der Waals surface area contributed by atoms with Crippen LogP contribution in [0.4, 0.5) is 0 Å². The molecular weight excluding hydrogens is 304 g/mol. The van der Waals surface area contributed by atoms with Gasteiger partial charge in [0.1, 0.15) is 0 Å². The van der Waals surface area contributed by atoms with Crippen molar-refractivity contribution in [2.24, 2.45) is 5.92 Å². The molecule has 134 valence electrons. The molecule has 2 aromatic rings. The Morgan fingerprint density at radius 3 is 2.72 bits per heavy atom. The number of hydrogen-bond donors (Lipinski definition) is 0. The molecule has 0 N–H and O–H groups in total. The quantitative estimate of drug-likeness (QED) is 0.707. The van der Waals surface area contributed by atoms with Crippen LogP contribution in [0.1, 0.15) is 74.2 Å². The number of benzene rings is 1. The van der Waals surface area contributed by atoms with E-state index < -0.39 is 0 Å². The van der Waals surface area contributed by atoms with Crippen molar-refractivity contribution >= 4 is 10.9 Å². The average Bonchev–Trinajstić information content (AvgIpc) is 3.04. The topological polar surface area (TPSA) is 8.17 Å². The summed E-state index contributed by atoms with van der Waals surface area (Å²) in [6, 6.07) is 8.60. The Hall–Kier alpha value is -1.28. The van der Waals surface area contributed by atoms with Gasteiger partial charge < -0.3 is 4.57 Å². The first-order chi connectivity index (χ1) is 12.2. The van der Waals surface area contributed by atoms with E-state index in [2.05, 4.69) is 41.6 Å². The highest BCUT2D eigenvalue weighted by atomic mass is 15.2. The number of likely N-dealkylation sites (N-methyl/N-ethyl adjacent to an activating group) is 1. The van der Waals surface area contributed by atoms with Crippen molar-refractivity contribution in [2.75, 3.05) is 7.05 Å². The van der Waals surface area contributed by atoms with Crippen LogP contribution in [0.3, 0.4) is 0 Å². The maximum atomic E-state index is 2.73. The third-order valence-corrected chi connectivity index (χ3v) is 7.46. The lowest BCUT2D eigenvalue weighted by Crippen LogP contribution is -2.34. The Kier molecular flexibility index (Phi) is 3.93. The Morgan fingerprint density at radius 1 is 1.04 bits per heavy atom. The Balaban J connectivity index is 1.55. The van der Waals surface area contributed by atoms with Crippen LogP contribution in [0.5, 0.6) is 0 Å². The van der Waals surface area contributed by atoms with Crippen molar-refractivity contribution in [1.82, 2.24) is 9.47 Å². The van der Waals surface area contributed by atoms with E-state index >= 15 is 0 Å². The van der Waals surface area contributed by atoms with Crippen molar-refractivity contribution < 1.29 is 0 Å². The molecular formula is C23H32N2. The molecule has 0 amide bonds. The van der Waals surface area contributed by atoms with E-state index in [4.69, 9.17) is 0 Å². The van der Waals surface area contributed by atoms with Gasteiger partial charge in [0.25, 0.3) is 0 Å². The maximum absolute atomic E-state index is 2.73. The molecule has 2 bridgehead atoms. The highest BCUT2D eigenvalue weighted by molar-refractivity contribution is 5.87. The first kappa shape index (κ1) is 15.9. The predicted molar refractivity (Wildman–Crippen MR) is 105 cm³/mol. The molecule has 1 aromatic heterocycles. The van der Waals surface area contributed by atoms with Gasteiger partial charge in [0, 0.05) is 41.6 Å². The summed E-state index contributed by atoms with van der Waals surface area (Å²) in [5.41, 5.74) is 6.27. The minimum absolute atomic E-state index is 0.661. The summed E-state index contributed by atoms with van der Waals surface area (Å²) in [6.45, 7) is 3.48. The Bertz CT molecular complexity index is 781. The van der Waals surface area contributed by atoms with Gasteiger partial charge in [-0.2, -0.15) is 0 Å². The molecule has 2 heteroatoms. The van der Waals surface area contributed by atoms with Gasteiger partial charge in [-0.05, 0) is 56.8 Å². The molecule has 1 saturated carbocycles. The lowest BCUT2D eigenvalue weighted by Gasteiger charge is -2.32. The van der Waals surface area contributed by atoms with Crippen molar-refractivity contribution in [3.63, 3.8) is 0 Å². The van der Waals surface area contributed by atoms with E-state index in [9.17, 15) is 0 Å². The minimum Gasteiger partial charge on any atom is -0.344 e.